The molecule has 10 heteroatoms. The fourth-order valence-corrected chi connectivity index (χ4v) is 5.05. The molecular formula is C23H23FN4O4S. The minimum atomic E-state index is -3.62. The smallest absolute Gasteiger partial charge is 0.244 e. The number of carbonyl (C=O) groups is 1. The minimum Gasteiger partial charge on any atom is -0.453 e. The molecule has 172 valence electrons. The molecule has 2 aromatic heterocycles. The van der Waals surface area contributed by atoms with Crippen molar-refractivity contribution in [3.05, 3.63) is 78.6 Å². The average molecular weight is 471 g/mol. The van der Waals surface area contributed by atoms with Crippen molar-refractivity contribution in [2.75, 3.05) is 13.1 Å². The van der Waals surface area contributed by atoms with Crippen LogP contribution >= 0.6 is 0 Å². The van der Waals surface area contributed by atoms with Gasteiger partial charge in [-0.05, 0) is 54.8 Å². The number of benzene rings is 1. The average Bonchev–Trinajstić information content (AvgIpc) is 2.85. The number of ether oxygens (including phenoxy) is 1. The molecular weight excluding hydrogens is 447 g/mol. The highest BCUT2D eigenvalue weighted by molar-refractivity contribution is 7.89. The maximum Gasteiger partial charge on any atom is 0.244 e. The summed E-state index contributed by atoms with van der Waals surface area (Å²) in [6, 6.07) is 10.9. The SMILES string of the molecule is O=C(NCc1ccc(Oc2cccnc2)c(F)c1)C1CCN(S(=O)(=O)c2cccnc2)CC1. The molecule has 3 heterocycles. The zero-order valence-electron chi connectivity index (χ0n) is 17.7. The Bertz CT molecular complexity index is 1200. The monoisotopic (exact) mass is 470 g/mol. The standard InChI is InChI=1S/C23H23FN4O4S/c24-21-13-17(5-6-22(21)32-19-3-1-9-25-15-19)14-27-23(29)18-7-11-28(12-8-18)33(30,31)20-4-2-10-26-16-20/h1-6,9-10,13,15-16,18H,7-8,11-12,14H2,(H,27,29). The minimum absolute atomic E-state index is 0.0697. The van der Waals surface area contributed by atoms with E-state index < -0.39 is 15.8 Å². The van der Waals surface area contributed by atoms with Gasteiger partial charge in [0, 0.05) is 44.1 Å². The predicted octanol–water partition coefficient (Wildman–Crippen LogP) is 3.13. The second-order valence-corrected chi connectivity index (χ2v) is 9.58. The molecule has 1 N–H and O–H groups in total. The maximum absolute atomic E-state index is 14.4. The molecule has 1 amide bonds. The van der Waals surface area contributed by atoms with Crippen molar-refractivity contribution in [2.24, 2.45) is 5.92 Å². The first-order chi connectivity index (χ1) is 15.9. The number of halogens is 1. The van der Waals surface area contributed by atoms with Crippen molar-refractivity contribution in [3.8, 4) is 11.5 Å². The zero-order valence-corrected chi connectivity index (χ0v) is 18.5. The number of aromatic nitrogens is 2. The number of hydrogen-bond acceptors (Lipinski definition) is 6. The van der Waals surface area contributed by atoms with Gasteiger partial charge in [0.1, 0.15) is 10.6 Å². The molecule has 0 spiro atoms. The van der Waals surface area contributed by atoms with E-state index in [9.17, 15) is 17.6 Å². The van der Waals surface area contributed by atoms with E-state index in [0.29, 0.717) is 24.2 Å². The molecule has 0 aliphatic carbocycles. The Labute approximate surface area is 191 Å². The van der Waals surface area contributed by atoms with Gasteiger partial charge in [-0.1, -0.05) is 6.07 Å². The molecule has 1 aliphatic rings. The van der Waals surface area contributed by atoms with Gasteiger partial charge in [0.25, 0.3) is 0 Å². The van der Waals surface area contributed by atoms with Crippen molar-refractivity contribution in [2.45, 2.75) is 24.3 Å². The van der Waals surface area contributed by atoms with Crippen molar-refractivity contribution in [1.82, 2.24) is 19.6 Å². The highest BCUT2D eigenvalue weighted by Crippen LogP contribution is 2.25. The Balaban J connectivity index is 1.29. The van der Waals surface area contributed by atoms with E-state index in [1.54, 1.807) is 30.5 Å². The van der Waals surface area contributed by atoms with Gasteiger partial charge in [-0.25, -0.2) is 12.8 Å². The molecule has 0 unspecified atom stereocenters. The van der Waals surface area contributed by atoms with Gasteiger partial charge in [0.2, 0.25) is 15.9 Å². The van der Waals surface area contributed by atoms with E-state index in [0.717, 1.165) is 0 Å². The van der Waals surface area contributed by atoms with Crippen LogP contribution < -0.4 is 10.1 Å². The van der Waals surface area contributed by atoms with Crippen LogP contribution in [0.1, 0.15) is 18.4 Å². The van der Waals surface area contributed by atoms with Gasteiger partial charge in [0.15, 0.2) is 11.6 Å². The summed E-state index contributed by atoms with van der Waals surface area (Å²) >= 11 is 0. The lowest BCUT2D eigenvalue weighted by atomic mass is 9.97. The van der Waals surface area contributed by atoms with Crippen LogP contribution in [0.15, 0.2) is 72.1 Å². The first-order valence-electron chi connectivity index (χ1n) is 10.5. The van der Waals surface area contributed by atoms with E-state index >= 15 is 0 Å². The number of pyridine rings is 2. The summed E-state index contributed by atoms with van der Waals surface area (Å²) in [5.41, 5.74) is 0.593. The molecule has 1 aliphatic heterocycles. The van der Waals surface area contributed by atoms with Crippen LogP contribution in [0.5, 0.6) is 11.5 Å². The maximum atomic E-state index is 14.4. The van der Waals surface area contributed by atoms with Gasteiger partial charge in [0.05, 0.1) is 6.20 Å². The third kappa shape index (κ3) is 5.52. The van der Waals surface area contributed by atoms with Crippen LogP contribution in [-0.2, 0) is 21.4 Å². The lowest BCUT2D eigenvalue weighted by Crippen LogP contribution is -2.42. The third-order valence-electron chi connectivity index (χ3n) is 5.42. The topological polar surface area (TPSA) is 101 Å². The fourth-order valence-electron chi connectivity index (χ4n) is 3.61. The Morgan fingerprint density at radius 3 is 2.45 bits per heavy atom. The number of amides is 1. The van der Waals surface area contributed by atoms with Gasteiger partial charge >= 0.3 is 0 Å². The van der Waals surface area contributed by atoms with E-state index in [4.69, 9.17) is 4.74 Å². The van der Waals surface area contributed by atoms with Gasteiger partial charge in [-0.2, -0.15) is 4.31 Å². The predicted molar refractivity (Wildman–Crippen MR) is 118 cm³/mol. The number of nitrogens with zero attached hydrogens (tertiary/aromatic N) is 3. The number of nitrogens with one attached hydrogen (secondary N) is 1. The van der Waals surface area contributed by atoms with Crippen molar-refractivity contribution in [1.29, 1.82) is 0 Å². The number of carbonyl (C=O) groups excluding carboxylic acids is 1. The normalized spacial score (nSPS) is 15.2. The van der Waals surface area contributed by atoms with Gasteiger partial charge < -0.3 is 10.1 Å². The van der Waals surface area contributed by atoms with Gasteiger partial charge in [-0.15, -0.1) is 0 Å². The summed E-state index contributed by atoms with van der Waals surface area (Å²) in [6.45, 7) is 0.672. The summed E-state index contributed by atoms with van der Waals surface area (Å²) < 4.78 is 46.6. The Morgan fingerprint density at radius 2 is 1.82 bits per heavy atom. The molecule has 8 nitrogen and oxygen atoms in total. The Morgan fingerprint density at radius 1 is 1.09 bits per heavy atom. The van der Waals surface area contributed by atoms with Crippen LogP contribution in [-0.4, -0.2) is 41.7 Å². The van der Waals surface area contributed by atoms with E-state index in [1.165, 1.54) is 41.1 Å². The van der Waals surface area contributed by atoms with Crippen LogP contribution in [0, 0.1) is 11.7 Å². The van der Waals surface area contributed by atoms with E-state index in [-0.39, 0.29) is 42.1 Å². The fraction of sp³-hybridized carbons (Fsp3) is 0.261. The number of piperidine rings is 1. The van der Waals surface area contributed by atoms with Gasteiger partial charge in [-0.3, -0.25) is 14.8 Å². The number of sulfonamides is 1. The first kappa shape index (κ1) is 22.8. The summed E-state index contributed by atoms with van der Waals surface area (Å²) in [4.78, 5) is 20.5. The van der Waals surface area contributed by atoms with Crippen LogP contribution in [0.4, 0.5) is 4.39 Å². The highest BCUT2D eigenvalue weighted by atomic mass is 32.2. The molecule has 3 aromatic rings. The van der Waals surface area contributed by atoms with Crippen LogP contribution in [0.3, 0.4) is 0 Å². The molecule has 0 atom stereocenters. The van der Waals surface area contributed by atoms with Crippen molar-refractivity contribution < 1.29 is 22.3 Å². The second kappa shape index (κ2) is 10.1. The number of hydrogen-bond donors (Lipinski definition) is 1. The Hall–Kier alpha value is -3.37. The van der Waals surface area contributed by atoms with Crippen molar-refractivity contribution >= 4 is 15.9 Å². The third-order valence-corrected chi connectivity index (χ3v) is 7.30. The Kier molecular flexibility index (Phi) is 6.95. The molecule has 0 radical (unpaired) electrons. The zero-order chi connectivity index (χ0) is 23.3. The summed E-state index contributed by atoms with van der Waals surface area (Å²) in [5, 5.41) is 2.82. The second-order valence-electron chi connectivity index (χ2n) is 7.64. The van der Waals surface area contributed by atoms with E-state index in [1.807, 2.05) is 0 Å². The molecule has 0 bridgehead atoms. The van der Waals surface area contributed by atoms with Crippen molar-refractivity contribution in [3.63, 3.8) is 0 Å². The quantitative estimate of drug-likeness (QED) is 0.569. The molecule has 1 fully saturated rings. The first-order valence-corrected chi connectivity index (χ1v) is 11.9. The molecule has 0 saturated carbocycles. The summed E-state index contributed by atoms with van der Waals surface area (Å²) in [5.74, 6) is -0.526. The number of rotatable bonds is 7. The largest absolute Gasteiger partial charge is 0.453 e. The highest BCUT2D eigenvalue weighted by Gasteiger charge is 2.32. The summed E-state index contributed by atoms with van der Waals surface area (Å²) in [7, 11) is -3.62. The lowest BCUT2D eigenvalue weighted by molar-refractivity contribution is -0.126. The van der Waals surface area contributed by atoms with E-state index in [2.05, 4.69) is 15.3 Å². The summed E-state index contributed by atoms with van der Waals surface area (Å²) in [6.07, 6.45) is 6.75. The molecule has 1 aromatic carbocycles. The molecule has 4 rings (SSSR count). The molecule has 33 heavy (non-hydrogen) atoms. The van der Waals surface area contributed by atoms with Crippen LogP contribution in [0.25, 0.3) is 0 Å². The van der Waals surface area contributed by atoms with Crippen LogP contribution in [0.2, 0.25) is 0 Å². The molecule has 1 saturated heterocycles. The lowest BCUT2D eigenvalue weighted by Gasteiger charge is -2.30.